The first kappa shape index (κ1) is 13.5. The number of nitrogens with one attached hydrogen (secondary N) is 1. The maximum atomic E-state index is 11.9. The summed E-state index contributed by atoms with van der Waals surface area (Å²) in [7, 11) is 0. The van der Waals surface area contributed by atoms with E-state index in [1.807, 2.05) is 0 Å². The highest BCUT2D eigenvalue weighted by Gasteiger charge is 2.37. The number of carboxylic acids is 1. The van der Waals surface area contributed by atoms with E-state index in [4.69, 9.17) is 5.11 Å². The van der Waals surface area contributed by atoms with Crippen molar-refractivity contribution in [1.82, 2.24) is 10.3 Å². The molecule has 5 nitrogen and oxygen atoms in total. The Morgan fingerprint density at radius 3 is 2.61 bits per heavy atom. The van der Waals surface area contributed by atoms with Crippen LogP contribution in [0.3, 0.4) is 0 Å². The lowest BCUT2D eigenvalue weighted by atomic mass is 10.2. The van der Waals surface area contributed by atoms with Crippen LogP contribution in [0.4, 0.5) is 0 Å². The molecule has 7 heteroatoms. The van der Waals surface area contributed by atoms with Gasteiger partial charge in [-0.15, -0.1) is 0 Å². The molecule has 0 saturated heterocycles. The highest BCUT2D eigenvalue weighted by atomic mass is 79.9. The van der Waals surface area contributed by atoms with Gasteiger partial charge in [-0.3, -0.25) is 4.79 Å². The smallest absolute Gasteiger partial charge is 0.326 e. The van der Waals surface area contributed by atoms with Gasteiger partial charge in [-0.2, -0.15) is 0 Å². The molecule has 0 aliphatic heterocycles. The molecule has 0 spiro atoms. The van der Waals surface area contributed by atoms with Crippen molar-refractivity contribution in [3.8, 4) is 0 Å². The summed E-state index contributed by atoms with van der Waals surface area (Å²) < 4.78 is 1.26. The lowest BCUT2D eigenvalue weighted by Crippen LogP contribution is -2.42. The maximum Gasteiger partial charge on any atom is 0.326 e. The Morgan fingerprint density at radius 1 is 1.44 bits per heavy atom. The van der Waals surface area contributed by atoms with Crippen LogP contribution >= 0.6 is 31.9 Å². The van der Waals surface area contributed by atoms with Crippen LogP contribution in [0.1, 0.15) is 23.3 Å². The van der Waals surface area contributed by atoms with Gasteiger partial charge in [-0.05, 0) is 56.7 Å². The molecule has 1 amide bonds. The lowest BCUT2D eigenvalue weighted by Gasteiger charge is -2.13. The predicted molar refractivity (Wildman–Crippen MR) is 71.3 cm³/mol. The third kappa shape index (κ3) is 3.08. The van der Waals surface area contributed by atoms with E-state index in [1.54, 1.807) is 6.07 Å². The van der Waals surface area contributed by atoms with Crippen LogP contribution in [-0.2, 0) is 4.79 Å². The molecule has 96 valence electrons. The standard InChI is InChI=1S/C11H10Br2N2O3/c12-6-3-7(13)9(14-4-6)10(16)15-8(11(17)18)5-1-2-5/h3-5,8H,1-2H2,(H,15,16)(H,17,18). The van der Waals surface area contributed by atoms with Gasteiger partial charge in [0.05, 0.1) is 4.47 Å². The molecule has 1 fully saturated rings. The van der Waals surface area contributed by atoms with Gasteiger partial charge in [0.2, 0.25) is 0 Å². The SMILES string of the molecule is O=C(NC(C(=O)O)C1CC1)c1ncc(Br)cc1Br. The summed E-state index contributed by atoms with van der Waals surface area (Å²) in [5.74, 6) is -1.44. The van der Waals surface area contributed by atoms with Crippen LogP contribution in [0, 0.1) is 5.92 Å². The molecule has 1 aromatic rings. The van der Waals surface area contributed by atoms with Gasteiger partial charge >= 0.3 is 5.97 Å². The third-order valence-electron chi connectivity index (χ3n) is 2.67. The number of rotatable bonds is 4. The van der Waals surface area contributed by atoms with Crippen molar-refractivity contribution in [3.63, 3.8) is 0 Å². The Bertz CT molecular complexity index is 503. The molecule has 1 heterocycles. The molecule has 1 aliphatic rings. The van der Waals surface area contributed by atoms with Crippen LogP contribution in [0.15, 0.2) is 21.2 Å². The fourth-order valence-corrected chi connectivity index (χ4v) is 2.77. The second-order valence-corrected chi connectivity index (χ2v) is 5.88. The average molecular weight is 378 g/mol. The van der Waals surface area contributed by atoms with Crippen molar-refractivity contribution in [3.05, 3.63) is 26.9 Å². The number of aromatic nitrogens is 1. The van der Waals surface area contributed by atoms with Crippen molar-refractivity contribution in [2.24, 2.45) is 5.92 Å². The van der Waals surface area contributed by atoms with Crippen molar-refractivity contribution < 1.29 is 14.7 Å². The van der Waals surface area contributed by atoms with Crippen molar-refractivity contribution in [1.29, 1.82) is 0 Å². The molecule has 18 heavy (non-hydrogen) atoms. The molecule has 1 unspecified atom stereocenters. The molecule has 2 N–H and O–H groups in total. The quantitative estimate of drug-likeness (QED) is 0.842. The first-order valence-electron chi connectivity index (χ1n) is 5.33. The first-order valence-corrected chi connectivity index (χ1v) is 6.92. The van der Waals surface area contributed by atoms with Gasteiger partial charge in [-0.25, -0.2) is 9.78 Å². The summed E-state index contributed by atoms with van der Waals surface area (Å²) in [6.45, 7) is 0. The Morgan fingerprint density at radius 2 is 2.11 bits per heavy atom. The van der Waals surface area contributed by atoms with Crippen molar-refractivity contribution in [2.45, 2.75) is 18.9 Å². The highest BCUT2D eigenvalue weighted by Crippen LogP contribution is 2.33. The summed E-state index contributed by atoms with van der Waals surface area (Å²) in [6.07, 6.45) is 3.17. The summed E-state index contributed by atoms with van der Waals surface area (Å²) in [5.41, 5.74) is 0.185. The van der Waals surface area contributed by atoms with Crippen LogP contribution in [0.25, 0.3) is 0 Å². The summed E-state index contributed by atoms with van der Waals surface area (Å²) in [4.78, 5) is 26.9. The van der Waals surface area contributed by atoms with E-state index in [1.165, 1.54) is 6.20 Å². The van der Waals surface area contributed by atoms with E-state index in [0.717, 1.165) is 17.3 Å². The first-order chi connectivity index (χ1) is 8.49. The zero-order valence-electron chi connectivity index (χ0n) is 9.19. The minimum absolute atomic E-state index is 0.0423. The number of amides is 1. The fourth-order valence-electron chi connectivity index (χ4n) is 1.60. The number of hydrogen-bond acceptors (Lipinski definition) is 3. The van der Waals surface area contributed by atoms with E-state index in [2.05, 4.69) is 42.2 Å². The molecule has 1 saturated carbocycles. The lowest BCUT2D eigenvalue weighted by molar-refractivity contribution is -0.139. The molecule has 1 aromatic heterocycles. The van der Waals surface area contributed by atoms with Crippen LogP contribution in [0.2, 0.25) is 0 Å². The van der Waals surface area contributed by atoms with E-state index < -0.39 is 17.9 Å². The molecule has 0 radical (unpaired) electrons. The predicted octanol–water partition coefficient (Wildman–Crippen LogP) is 2.20. The number of hydrogen-bond donors (Lipinski definition) is 2. The largest absolute Gasteiger partial charge is 0.480 e. The number of aliphatic carboxylic acids is 1. The zero-order valence-corrected chi connectivity index (χ0v) is 12.4. The van der Waals surface area contributed by atoms with Crippen LogP contribution in [-0.4, -0.2) is 28.0 Å². The van der Waals surface area contributed by atoms with E-state index >= 15 is 0 Å². The summed E-state index contributed by atoms with van der Waals surface area (Å²) in [6, 6.07) is 0.865. The second kappa shape index (κ2) is 5.36. The maximum absolute atomic E-state index is 11.9. The minimum Gasteiger partial charge on any atom is -0.480 e. The fraction of sp³-hybridized carbons (Fsp3) is 0.364. The Kier molecular flexibility index (Phi) is 4.01. The molecule has 0 aromatic carbocycles. The van der Waals surface area contributed by atoms with Gasteiger partial charge in [0.25, 0.3) is 5.91 Å². The molecule has 2 rings (SSSR count). The third-order valence-corrected chi connectivity index (χ3v) is 3.71. The normalized spacial score (nSPS) is 16.1. The number of halogens is 2. The Labute approximate surface area is 120 Å². The number of carboxylic acid groups (broad SMARTS) is 1. The molecule has 0 bridgehead atoms. The average Bonchev–Trinajstić information content (AvgIpc) is 3.08. The number of carbonyl (C=O) groups is 2. The topological polar surface area (TPSA) is 79.3 Å². The summed E-state index contributed by atoms with van der Waals surface area (Å²) in [5, 5.41) is 11.5. The Balaban J connectivity index is 2.13. The van der Waals surface area contributed by atoms with Crippen molar-refractivity contribution >= 4 is 43.7 Å². The zero-order chi connectivity index (χ0) is 13.3. The van der Waals surface area contributed by atoms with Crippen molar-refractivity contribution in [2.75, 3.05) is 0 Å². The summed E-state index contributed by atoms with van der Waals surface area (Å²) >= 11 is 6.46. The van der Waals surface area contributed by atoms with Gasteiger partial charge in [0.15, 0.2) is 0 Å². The van der Waals surface area contributed by atoms with E-state index in [-0.39, 0.29) is 11.6 Å². The molecule has 1 atom stereocenters. The van der Waals surface area contributed by atoms with E-state index in [0.29, 0.717) is 4.47 Å². The highest BCUT2D eigenvalue weighted by molar-refractivity contribution is 9.11. The van der Waals surface area contributed by atoms with Gasteiger partial charge in [0.1, 0.15) is 11.7 Å². The molecular weight excluding hydrogens is 368 g/mol. The second-order valence-electron chi connectivity index (χ2n) is 4.11. The van der Waals surface area contributed by atoms with Crippen LogP contribution < -0.4 is 5.32 Å². The van der Waals surface area contributed by atoms with Gasteiger partial charge < -0.3 is 10.4 Å². The van der Waals surface area contributed by atoms with E-state index in [9.17, 15) is 9.59 Å². The number of pyridine rings is 1. The van der Waals surface area contributed by atoms with Gasteiger partial charge in [-0.1, -0.05) is 0 Å². The van der Waals surface area contributed by atoms with Crippen LogP contribution in [0.5, 0.6) is 0 Å². The molecular formula is C11H10Br2N2O3. The van der Waals surface area contributed by atoms with Gasteiger partial charge in [0, 0.05) is 10.7 Å². The number of carbonyl (C=O) groups excluding carboxylic acids is 1. The minimum atomic E-state index is -1.00. The molecule has 1 aliphatic carbocycles. The Hall–Kier alpha value is -0.950. The number of nitrogens with zero attached hydrogens (tertiary/aromatic N) is 1. The monoisotopic (exact) mass is 376 g/mol.